The normalized spacial score (nSPS) is 51.0. The Labute approximate surface area is 174 Å². The SMILES string of the molecule is CC1C[C@H]2[C@@H]3CCC4=CC(=O)C=C[C@]4(C)[C@@]3(Cl)C(F)C[C@]2(C)[C@@]1(O)C(=O)C(=O)O. The quantitative estimate of drug-likeness (QED) is 0.524. The van der Waals surface area contributed by atoms with E-state index in [1.54, 1.807) is 26.0 Å². The van der Waals surface area contributed by atoms with Gasteiger partial charge in [-0.15, -0.1) is 11.6 Å². The van der Waals surface area contributed by atoms with Crippen LogP contribution in [0, 0.1) is 28.6 Å². The van der Waals surface area contributed by atoms with Crippen LogP contribution in [-0.2, 0) is 14.4 Å². The largest absolute Gasteiger partial charge is 0.475 e. The molecule has 5 nitrogen and oxygen atoms in total. The molecule has 0 amide bonds. The minimum Gasteiger partial charge on any atom is -0.475 e. The van der Waals surface area contributed by atoms with Crippen molar-refractivity contribution in [2.45, 2.75) is 63.1 Å². The van der Waals surface area contributed by atoms with E-state index in [2.05, 4.69) is 0 Å². The fourth-order valence-corrected chi connectivity index (χ4v) is 7.65. The number of allylic oxidation sites excluding steroid dienone is 4. The van der Waals surface area contributed by atoms with Gasteiger partial charge in [-0.1, -0.05) is 32.4 Å². The summed E-state index contributed by atoms with van der Waals surface area (Å²) in [6.45, 7) is 5.14. The predicted octanol–water partition coefficient (Wildman–Crippen LogP) is 3.23. The Balaban J connectivity index is 1.84. The summed E-state index contributed by atoms with van der Waals surface area (Å²) in [4.78, 5) is 34.6. The van der Waals surface area contributed by atoms with Crippen molar-refractivity contribution in [2.24, 2.45) is 28.6 Å². The number of Topliss-reactive ketones (excluding diaryl/α,β-unsaturated/α-hetero) is 1. The molecule has 158 valence electrons. The molecular weight excluding hydrogens is 399 g/mol. The molecular formula is C22H26ClFO5. The minimum atomic E-state index is -2.14. The van der Waals surface area contributed by atoms with Gasteiger partial charge in [-0.3, -0.25) is 9.59 Å². The molecule has 2 N–H and O–H groups in total. The average molecular weight is 425 g/mol. The van der Waals surface area contributed by atoms with Crippen LogP contribution in [-0.4, -0.2) is 44.4 Å². The maximum absolute atomic E-state index is 16.0. The highest BCUT2D eigenvalue weighted by molar-refractivity contribution is 6.36. The third-order valence-electron chi connectivity index (χ3n) is 8.72. The molecule has 3 saturated carbocycles. The summed E-state index contributed by atoms with van der Waals surface area (Å²) in [5.41, 5.74) is -3.41. The lowest BCUT2D eigenvalue weighted by Crippen LogP contribution is -2.68. The summed E-state index contributed by atoms with van der Waals surface area (Å²) in [7, 11) is 0. The minimum absolute atomic E-state index is 0.136. The van der Waals surface area contributed by atoms with E-state index in [1.807, 2.05) is 6.92 Å². The van der Waals surface area contributed by atoms with Gasteiger partial charge in [-0.05, 0) is 55.6 Å². The lowest BCUT2D eigenvalue weighted by molar-refractivity contribution is -0.180. The number of ketones is 2. The first kappa shape index (κ1) is 20.7. The van der Waals surface area contributed by atoms with Crippen molar-refractivity contribution < 1.29 is 29.0 Å². The molecule has 2 unspecified atom stereocenters. The zero-order valence-electron chi connectivity index (χ0n) is 16.7. The third kappa shape index (κ3) is 2.22. The van der Waals surface area contributed by atoms with Gasteiger partial charge in [0.2, 0.25) is 0 Å². The number of hydrogen-bond acceptors (Lipinski definition) is 4. The van der Waals surface area contributed by atoms with Crippen molar-refractivity contribution >= 4 is 29.1 Å². The molecule has 0 radical (unpaired) electrons. The van der Waals surface area contributed by atoms with Crippen molar-refractivity contribution in [3.05, 3.63) is 23.8 Å². The van der Waals surface area contributed by atoms with Gasteiger partial charge >= 0.3 is 5.97 Å². The van der Waals surface area contributed by atoms with Crippen LogP contribution < -0.4 is 0 Å². The highest BCUT2D eigenvalue weighted by atomic mass is 35.5. The highest BCUT2D eigenvalue weighted by Crippen LogP contribution is 2.71. The fraction of sp³-hybridized carbons (Fsp3) is 0.682. The fourth-order valence-electron chi connectivity index (χ4n) is 7.13. The Morgan fingerprint density at radius 3 is 2.55 bits per heavy atom. The van der Waals surface area contributed by atoms with E-state index in [4.69, 9.17) is 11.6 Å². The van der Waals surface area contributed by atoms with E-state index in [0.29, 0.717) is 19.3 Å². The summed E-state index contributed by atoms with van der Waals surface area (Å²) < 4.78 is 16.0. The molecule has 4 rings (SSSR count). The molecule has 8 atom stereocenters. The molecule has 0 aromatic heterocycles. The maximum atomic E-state index is 16.0. The number of aliphatic carboxylic acids is 1. The number of fused-ring (bicyclic) bond motifs is 5. The smallest absolute Gasteiger partial charge is 0.375 e. The Morgan fingerprint density at radius 2 is 1.93 bits per heavy atom. The molecule has 7 heteroatoms. The first-order valence-electron chi connectivity index (χ1n) is 10.1. The van der Waals surface area contributed by atoms with E-state index in [-0.39, 0.29) is 24.0 Å². The molecule has 4 aliphatic rings. The average Bonchev–Trinajstić information content (AvgIpc) is 2.84. The molecule has 0 spiro atoms. The molecule has 0 saturated heterocycles. The molecule has 0 heterocycles. The second-order valence-electron chi connectivity index (χ2n) is 9.75. The van der Waals surface area contributed by atoms with Gasteiger partial charge in [0.25, 0.3) is 5.78 Å². The van der Waals surface area contributed by atoms with Gasteiger partial charge in [0.15, 0.2) is 5.78 Å². The topological polar surface area (TPSA) is 91.7 Å². The third-order valence-corrected chi connectivity index (χ3v) is 9.63. The Bertz CT molecular complexity index is 882. The summed E-state index contributed by atoms with van der Waals surface area (Å²) in [5.74, 6) is -4.40. The van der Waals surface area contributed by atoms with E-state index >= 15 is 4.39 Å². The Morgan fingerprint density at radius 1 is 1.28 bits per heavy atom. The number of carboxylic acid groups (broad SMARTS) is 1. The zero-order chi connectivity index (χ0) is 21.6. The van der Waals surface area contributed by atoms with Crippen molar-refractivity contribution in [1.29, 1.82) is 0 Å². The zero-order valence-corrected chi connectivity index (χ0v) is 17.5. The summed E-state index contributed by atoms with van der Waals surface area (Å²) >= 11 is 7.14. The number of hydrogen-bond donors (Lipinski definition) is 2. The van der Waals surface area contributed by atoms with E-state index < -0.39 is 45.1 Å². The van der Waals surface area contributed by atoms with E-state index in [1.165, 1.54) is 6.08 Å². The lowest BCUT2D eigenvalue weighted by atomic mass is 9.46. The summed E-state index contributed by atoms with van der Waals surface area (Å²) in [5, 5.41) is 20.7. The molecule has 0 aromatic carbocycles. The molecule has 0 aliphatic heterocycles. The second-order valence-corrected chi connectivity index (χ2v) is 10.4. The van der Waals surface area contributed by atoms with Crippen LogP contribution in [0.25, 0.3) is 0 Å². The number of rotatable bonds is 2. The van der Waals surface area contributed by atoms with E-state index in [9.17, 15) is 24.6 Å². The van der Waals surface area contributed by atoms with Gasteiger partial charge in [0.05, 0.1) is 4.87 Å². The molecule has 3 fully saturated rings. The van der Waals surface area contributed by atoms with Crippen LogP contribution >= 0.6 is 11.6 Å². The highest BCUT2D eigenvalue weighted by Gasteiger charge is 2.75. The van der Waals surface area contributed by atoms with Crippen molar-refractivity contribution in [1.82, 2.24) is 0 Å². The second kappa shape index (κ2) is 6.01. The first-order valence-corrected chi connectivity index (χ1v) is 10.5. The standard InChI is InChI=1S/C22H26ClFO5/c1-11-8-15-14-5-4-12-9-13(25)6-7-19(12,2)21(14,23)16(24)10-20(15,3)22(11,29)17(26)18(27)28/h6-7,9,11,14-16,29H,4-5,8,10H2,1-3H3,(H,27,28)/t11?,14-,15-,16?,19-,20-,21-,22-/m0/s1. The number of carbonyl (C=O) groups excluding carboxylic acids is 2. The van der Waals surface area contributed by atoms with Gasteiger partial charge in [0.1, 0.15) is 11.8 Å². The lowest BCUT2D eigenvalue weighted by Gasteiger charge is -2.63. The van der Waals surface area contributed by atoms with Crippen LogP contribution in [0.3, 0.4) is 0 Å². The number of carboxylic acids is 1. The monoisotopic (exact) mass is 424 g/mol. The Kier molecular flexibility index (Phi) is 4.29. The van der Waals surface area contributed by atoms with Crippen LogP contribution in [0.5, 0.6) is 0 Å². The van der Waals surface area contributed by atoms with Crippen LogP contribution in [0.1, 0.15) is 46.5 Å². The van der Waals surface area contributed by atoms with Gasteiger partial charge in [0, 0.05) is 10.8 Å². The van der Waals surface area contributed by atoms with Crippen LogP contribution in [0.15, 0.2) is 23.8 Å². The Hall–Kier alpha value is -1.53. The first-order chi connectivity index (χ1) is 13.3. The number of carbonyl (C=O) groups is 3. The van der Waals surface area contributed by atoms with Gasteiger partial charge in [-0.2, -0.15) is 0 Å². The van der Waals surface area contributed by atoms with Crippen molar-refractivity contribution in [3.8, 4) is 0 Å². The van der Waals surface area contributed by atoms with Crippen LogP contribution in [0.2, 0.25) is 0 Å². The number of aliphatic hydroxyl groups is 1. The number of alkyl halides is 2. The van der Waals surface area contributed by atoms with Gasteiger partial charge < -0.3 is 10.2 Å². The molecule has 29 heavy (non-hydrogen) atoms. The molecule has 4 aliphatic carbocycles. The van der Waals surface area contributed by atoms with E-state index in [0.717, 1.165) is 5.57 Å². The summed E-state index contributed by atoms with van der Waals surface area (Å²) in [6, 6.07) is 0. The predicted molar refractivity (Wildman–Crippen MR) is 104 cm³/mol. The summed E-state index contributed by atoms with van der Waals surface area (Å²) in [6.07, 6.45) is 4.38. The van der Waals surface area contributed by atoms with Gasteiger partial charge in [-0.25, -0.2) is 9.18 Å². The molecule has 0 aromatic rings. The number of halogens is 2. The maximum Gasteiger partial charge on any atom is 0.375 e. The van der Waals surface area contributed by atoms with Crippen molar-refractivity contribution in [3.63, 3.8) is 0 Å². The van der Waals surface area contributed by atoms with Crippen LogP contribution in [0.4, 0.5) is 4.39 Å². The molecule has 0 bridgehead atoms. The van der Waals surface area contributed by atoms with Crippen molar-refractivity contribution in [2.75, 3.05) is 0 Å².